The Labute approximate surface area is 129 Å². The second kappa shape index (κ2) is 5.90. The molecule has 18 heavy (non-hydrogen) atoms. The summed E-state index contributed by atoms with van der Waals surface area (Å²) < 4.78 is 0. The van der Waals surface area contributed by atoms with E-state index in [1.807, 2.05) is 0 Å². The summed E-state index contributed by atoms with van der Waals surface area (Å²) in [5.41, 5.74) is -0.338. The third-order valence-electron chi connectivity index (χ3n) is 4.24. The molecule has 2 fully saturated rings. The number of hydrogen-bond acceptors (Lipinski definition) is 4. The van der Waals surface area contributed by atoms with E-state index in [9.17, 15) is 14.7 Å². The minimum atomic E-state index is -1.38. The maximum atomic E-state index is 12.1. The maximum absolute atomic E-state index is 12.1. The number of carboxylic acids is 1. The summed E-state index contributed by atoms with van der Waals surface area (Å²) in [4.78, 5) is 24.1. The van der Waals surface area contributed by atoms with E-state index in [0.29, 0.717) is 12.5 Å². The molecule has 1 amide bonds. The predicted molar refractivity (Wildman–Crippen MR) is 57.7 cm³/mol. The molecule has 1 heterocycles. The van der Waals surface area contributed by atoms with Crippen LogP contribution < -0.4 is 34.7 Å². The number of amides is 1. The van der Waals surface area contributed by atoms with Crippen LogP contribution in [-0.2, 0) is 9.59 Å². The summed E-state index contributed by atoms with van der Waals surface area (Å²) >= 11 is 0. The van der Waals surface area contributed by atoms with Gasteiger partial charge in [-0.15, -0.1) is 0 Å². The van der Waals surface area contributed by atoms with Gasteiger partial charge in [-0.3, -0.25) is 4.79 Å². The zero-order chi connectivity index (χ0) is 12.6. The standard InChI is InChI=1S/C12H19NO4.Na/c1-8-2-4-12(5-3-8)7-13(11(12)17)9(6-14)10(15)16;/h8-9,14H,2-7H2,1H3,(H,15,16);/q;+1/p-1/t8?,9-,12?;/m0./s1. The molecule has 6 heteroatoms. The van der Waals surface area contributed by atoms with E-state index >= 15 is 0 Å². The van der Waals surface area contributed by atoms with Crippen molar-refractivity contribution >= 4 is 11.9 Å². The molecule has 5 nitrogen and oxygen atoms in total. The monoisotopic (exact) mass is 263 g/mol. The van der Waals surface area contributed by atoms with Crippen LogP contribution >= 0.6 is 0 Å². The zero-order valence-corrected chi connectivity index (χ0v) is 13.0. The molecule has 1 aliphatic heterocycles. The van der Waals surface area contributed by atoms with E-state index in [1.54, 1.807) is 0 Å². The topological polar surface area (TPSA) is 80.7 Å². The van der Waals surface area contributed by atoms with Gasteiger partial charge in [0.2, 0.25) is 5.91 Å². The van der Waals surface area contributed by atoms with Gasteiger partial charge in [0.25, 0.3) is 0 Å². The Bertz CT molecular complexity index is 339. The molecule has 96 valence electrons. The number of β-lactam (4-membered cyclic amide) rings is 1. The normalized spacial score (nSPS) is 32.7. The Hall–Kier alpha value is -0.100. The Kier molecular flexibility index (Phi) is 5.23. The Balaban J connectivity index is 0.00000162. The molecule has 0 radical (unpaired) electrons. The summed E-state index contributed by atoms with van der Waals surface area (Å²) in [6.07, 6.45) is 3.73. The third kappa shape index (κ3) is 2.59. The number of aliphatic hydroxyl groups is 1. The largest absolute Gasteiger partial charge is 1.00 e. The van der Waals surface area contributed by atoms with Crippen molar-refractivity contribution < 1.29 is 49.4 Å². The summed E-state index contributed by atoms with van der Waals surface area (Å²) in [6.45, 7) is 2.06. The number of likely N-dealkylation sites (tertiary alicyclic amines) is 1. The molecule has 1 spiro atoms. The average molecular weight is 263 g/mol. The van der Waals surface area contributed by atoms with E-state index < -0.39 is 18.6 Å². The van der Waals surface area contributed by atoms with Gasteiger partial charge in [0.1, 0.15) is 0 Å². The van der Waals surface area contributed by atoms with Gasteiger partial charge in [-0.05, 0) is 31.6 Å². The van der Waals surface area contributed by atoms with E-state index in [4.69, 9.17) is 5.11 Å². The fourth-order valence-electron chi connectivity index (χ4n) is 2.92. The first-order valence-electron chi connectivity index (χ1n) is 6.13. The van der Waals surface area contributed by atoms with Crippen LogP contribution in [-0.4, -0.2) is 41.1 Å². The molecule has 0 aromatic heterocycles. The van der Waals surface area contributed by atoms with E-state index in [0.717, 1.165) is 25.7 Å². The van der Waals surface area contributed by atoms with Crippen LogP contribution in [0.2, 0.25) is 0 Å². The second-order valence-corrected chi connectivity index (χ2v) is 5.41. The van der Waals surface area contributed by atoms with Crippen molar-refractivity contribution in [1.29, 1.82) is 0 Å². The predicted octanol–water partition coefficient (Wildman–Crippen LogP) is -3.86. The van der Waals surface area contributed by atoms with Gasteiger partial charge >= 0.3 is 29.6 Å². The van der Waals surface area contributed by atoms with Gasteiger partial charge in [-0.2, -0.15) is 0 Å². The van der Waals surface area contributed by atoms with Crippen LogP contribution in [0.25, 0.3) is 0 Å². The molecule has 1 N–H and O–H groups in total. The van der Waals surface area contributed by atoms with Crippen molar-refractivity contribution in [1.82, 2.24) is 4.90 Å². The third-order valence-corrected chi connectivity index (χ3v) is 4.24. The number of carbonyl (C=O) groups excluding carboxylic acids is 2. The van der Waals surface area contributed by atoms with Crippen molar-refractivity contribution in [3.8, 4) is 0 Å². The molecule has 1 saturated carbocycles. The molecule has 1 aliphatic carbocycles. The molecule has 0 bridgehead atoms. The quantitative estimate of drug-likeness (QED) is 0.417. The summed E-state index contributed by atoms with van der Waals surface area (Å²) in [5, 5.41) is 19.7. The number of nitrogens with zero attached hydrogens (tertiary/aromatic N) is 1. The van der Waals surface area contributed by atoms with E-state index in [1.165, 1.54) is 4.90 Å². The molecule has 0 unspecified atom stereocenters. The van der Waals surface area contributed by atoms with Gasteiger partial charge in [-0.1, -0.05) is 6.92 Å². The molecule has 0 aromatic carbocycles. The van der Waals surface area contributed by atoms with Gasteiger partial charge in [0, 0.05) is 6.54 Å². The smallest absolute Gasteiger partial charge is 0.548 e. The zero-order valence-electron chi connectivity index (χ0n) is 11.0. The fraction of sp³-hybridized carbons (Fsp3) is 0.833. The van der Waals surface area contributed by atoms with Crippen LogP contribution in [0.15, 0.2) is 0 Å². The number of carboxylic acid groups (broad SMARTS) is 1. The van der Waals surface area contributed by atoms with Gasteiger partial charge in [-0.25, -0.2) is 0 Å². The van der Waals surface area contributed by atoms with Crippen molar-refractivity contribution in [2.75, 3.05) is 13.2 Å². The van der Waals surface area contributed by atoms with E-state index in [-0.39, 0.29) is 40.9 Å². The first-order chi connectivity index (χ1) is 8.00. The first-order valence-corrected chi connectivity index (χ1v) is 6.13. The minimum absolute atomic E-state index is 0. The summed E-state index contributed by atoms with van der Waals surface area (Å²) in [6, 6.07) is -1.17. The van der Waals surface area contributed by atoms with E-state index in [2.05, 4.69) is 6.92 Å². The molecule has 1 atom stereocenters. The Morgan fingerprint density at radius 1 is 1.56 bits per heavy atom. The van der Waals surface area contributed by atoms with Gasteiger partial charge in [0.15, 0.2) is 0 Å². The van der Waals surface area contributed by atoms with Crippen molar-refractivity contribution in [2.24, 2.45) is 11.3 Å². The van der Waals surface area contributed by atoms with Crippen molar-refractivity contribution in [3.05, 3.63) is 0 Å². The van der Waals surface area contributed by atoms with Crippen LogP contribution in [0.4, 0.5) is 0 Å². The number of aliphatic carboxylic acids is 1. The van der Waals surface area contributed by atoms with Gasteiger partial charge in [0.05, 0.1) is 24.0 Å². The first kappa shape index (κ1) is 16.0. The van der Waals surface area contributed by atoms with Crippen LogP contribution in [0, 0.1) is 11.3 Å². The van der Waals surface area contributed by atoms with Crippen molar-refractivity contribution in [2.45, 2.75) is 38.6 Å². The number of rotatable bonds is 3. The molecule has 2 aliphatic rings. The summed E-state index contributed by atoms with van der Waals surface area (Å²) in [7, 11) is 0. The number of hydrogen-bond donors (Lipinski definition) is 1. The second-order valence-electron chi connectivity index (χ2n) is 5.41. The summed E-state index contributed by atoms with van der Waals surface area (Å²) in [5.74, 6) is -0.843. The molecule has 0 aromatic rings. The molecular formula is C12H18NNaO4. The molecule has 2 rings (SSSR count). The maximum Gasteiger partial charge on any atom is 1.00 e. The molecule has 1 saturated heterocycles. The van der Waals surface area contributed by atoms with Crippen LogP contribution in [0.3, 0.4) is 0 Å². The van der Waals surface area contributed by atoms with Gasteiger partial charge < -0.3 is 19.9 Å². The number of aliphatic hydroxyl groups excluding tert-OH is 1. The van der Waals surface area contributed by atoms with Crippen LogP contribution in [0.5, 0.6) is 0 Å². The Morgan fingerprint density at radius 2 is 2.11 bits per heavy atom. The fourth-order valence-corrected chi connectivity index (χ4v) is 2.92. The average Bonchev–Trinajstić information content (AvgIpc) is 2.30. The SMILES string of the molecule is CC1CCC2(CC1)CN([C@@H](CO)C(=O)[O-])C2=O.[Na+]. The number of carbonyl (C=O) groups is 2. The minimum Gasteiger partial charge on any atom is -0.548 e. The van der Waals surface area contributed by atoms with Crippen LogP contribution in [0.1, 0.15) is 32.6 Å². The Morgan fingerprint density at radius 3 is 2.50 bits per heavy atom. The molecular weight excluding hydrogens is 245 g/mol. The van der Waals surface area contributed by atoms with Crippen molar-refractivity contribution in [3.63, 3.8) is 0 Å².